The van der Waals surface area contributed by atoms with Gasteiger partial charge in [0.15, 0.2) is 24.6 Å². The lowest BCUT2D eigenvalue weighted by molar-refractivity contribution is 0.592. The van der Waals surface area contributed by atoms with Gasteiger partial charge in [0.1, 0.15) is 0 Å². The standard InChI is InChI=1S/C103H62N5OPS3/c109-110(73-37-12-4-13-38-73,74-39-14-5-15-40-74)75-55-51-63(52-56-75)90-92-94(64-27-6-1-7-28-64)104-88-50-23-21-46-84(88)99(92)113-100(90)85-48-26-47-82-81-58-53-68(62-89(81)111-97(82)85)67-33-24-35-71(59-67)102-106-101(66-31-10-3-11-32-66)107-103(108-102)72-36-25-34-69(60-72)91-93-95(65-29-8-2-9-30-65)105-87-49-22-20-45-83(87)98(93)112-96(91)70-54-57-80-78-43-17-16-41-76(78)77-42-18-19-44-79(77)86(80)61-70/h1-62H. The van der Waals surface area contributed by atoms with Crippen LogP contribution in [0, 0.1) is 0 Å². The van der Waals surface area contributed by atoms with Crippen LogP contribution in [0.15, 0.2) is 376 Å². The maximum absolute atomic E-state index is 15.9. The fourth-order valence-electron chi connectivity index (χ4n) is 16.9. The molecule has 16 aromatic carbocycles. The first-order chi connectivity index (χ1) is 55.9. The molecule has 0 amide bonds. The van der Waals surface area contributed by atoms with Crippen LogP contribution in [0.3, 0.4) is 0 Å². The highest BCUT2D eigenvalue weighted by atomic mass is 32.1. The molecule has 22 aromatic rings. The monoisotopic (exact) mass is 1510 g/mol. The molecule has 0 atom stereocenters. The van der Waals surface area contributed by atoms with Crippen molar-refractivity contribution in [3.8, 4) is 111 Å². The van der Waals surface area contributed by atoms with E-state index in [2.05, 4.69) is 297 Å². The molecule has 0 radical (unpaired) electrons. The molecule has 0 aliphatic rings. The third kappa shape index (κ3) is 11.2. The number of thiophene rings is 3. The van der Waals surface area contributed by atoms with Crippen LogP contribution < -0.4 is 15.9 Å². The zero-order chi connectivity index (χ0) is 74.7. The fraction of sp³-hybridized carbons (Fsp3) is 0. The molecular weight excluding hydrogens is 1450 g/mol. The zero-order valence-corrected chi connectivity index (χ0v) is 64.0. The smallest absolute Gasteiger partial charge is 0.171 e. The second-order valence-electron chi connectivity index (χ2n) is 28.7. The quantitative estimate of drug-likeness (QED) is 0.0845. The van der Waals surface area contributed by atoms with Crippen LogP contribution in [0.2, 0.25) is 0 Å². The summed E-state index contributed by atoms with van der Waals surface area (Å²) >= 11 is 5.50. The average Bonchev–Trinajstić information content (AvgIpc) is 1.60. The molecule has 0 saturated heterocycles. The Hall–Kier alpha value is -13.5. The Balaban J connectivity index is 0.678. The van der Waals surface area contributed by atoms with Gasteiger partial charge in [0.25, 0.3) is 0 Å². The first-order valence-corrected chi connectivity index (χ1v) is 42.0. The second-order valence-corrected chi connectivity index (χ2v) is 34.6. The molecule has 528 valence electrons. The van der Waals surface area contributed by atoms with Gasteiger partial charge in [-0.2, -0.15) is 0 Å². The van der Waals surface area contributed by atoms with E-state index in [4.69, 9.17) is 24.9 Å². The summed E-state index contributed by atoms with van der Waals surface area (Å²) < 4.78 is 20.6. The normalized spacial score (nSPS) is 11.9. The maximum atomic E-state index is 15.9. The molecule has 10 heteroatoms. The van der Waals surface area contributed by atoms with Crippen LogP contribution in [0.4, 0.5) is 0 Å². The number of nitrogens with zero attached hydrogens (tertiary/aromatic N) is 5. The molecule has 6 aromatic heterocycles. The third-order valence-corrected chi connectivity index (χ3v) is 29.0. The summed E-state index contributed by atoms with van der Waals surface area (Å²) in [6, 6.07) is 133. The van der Waals surface area contributed by atoms with Gasteiger partial charge in [-0.25, -0.2) is 24.9 Å². The van der Waals surface area contributed by atoms with E-state index in [0.29, 0.717) is 17.5 Å². The fourth-order valence-corrected chi connectivity index (χ4v) is 23.6. The van der Waals surface area contributed by atoms with Crippen molar-refractivity contribution in [1.29, 1.82) is 0 Å². The number of hydrogen-bond acceptors (Lipinski definition) is 9. The van der Waals surface area contributed by atoms with E-state index in [9.17, 15) is 0 Å². The van der Waals surface area contributed by atoms with Crippen molar-refractivity contribution in [2.45, 2.75) is 0 Å². The molecule has 0 spiro atoms. The van der Waals surface area contributed by atoms with E-state index in [0.717, 1.165) is 142 Å². The van der Waals surface area contributed by atoms with Crippen molar-refractivity contribution in [1.82, 2.24) is 24.9 Å². The summed E-state index contributed by atoms with van der Waals surface area (Å²) in [6.07, 6.45) is 0. The van der Waals surface area contributed by atoms with Crippen LogP contribution >= 0.6 is 41.2 Å². The Labute approximate surface area is 663 Å². The number of hydrogen-bond donors (Lipinski definition) is 0. The van der Waals surface area contributed by atoms with Crippen molar-refractivity contribution in [3.63, 3.8) is 0 Å². The highest BCUT2D eigenvalue weighted by Crippen LogP contribution is 2.55. The van der Waals surface area contributed by atoms with Crippen molar-refractivity contribution in [2.24, 2.45) is 0 Å². The molecule has 113 heavy (non-hydrogen) atoms. The number of para-hydroxylation sites is 2. The van der Waals surface area contributed by atoms with Crippen LogP contribution in [-0.4, -0.2) is 24.9 Å². The predicted molar refractivity (Wildman–Crippen MR) is 480 cm³/mol. The van der Waals surface area contributed by atoms with Gasteiger partial charge in [0.05, 0.1) is 22.4 Å². The molecule has 0 N–H and O–H groups in total. The molecule has 6 nitrogen and oxygen atoms in total. The first-order valence-electron chi connectivity index (χ1n) is 37.9. The van der Waals surface area contributed by atoms with Gasteiger partial charge in [-0.1, -0.05) is 340 Å². The molecular formula is C103H62N5OPS3. The Morgan fingerprint density at radius 2 is 0.602 bits per heavy atom. The summed E-state index contributed by atoms with van der Waals surface area (Å²) in [5, 5.41) is 16.6. The van der Waals surface area contributed by atoms with Crippen molar-refractivity contribution in [2.75, 3.05) is 0 Å². The first kappa shape index (κ1) is 66.5. The lowest BCUT2D eigenvalue weighted by atomic mass is 9.91. The largest absolute Gasteiger partial charge is 0.309 e. The van der Waals surface area contributed by atoms with Gasteiger partial charge < -0.3 is 4.57 Å². The average molecular weight is 1510 g/mol. The minimum atomic E-state index is -3.27. The minimum Gasteiger partial charge on any atom is -0.309 e. The van der Waals surface area contributed by atoms with E-state index in [1.165, 1.54) is 61.9 Å². The zero-order valence-electron chi connectivity index (χ0n) is 60.6. The number of benzene rings is 16. The summed E-state index contributed by atoms with van der Waals surface area (Å²) in [7, 11) is -3.27. The molecule has 0 saturated carbocycles. The summed E-state index contributed by atoms with van der Waals surface area (Å²) in [5.41, 5.74) is 17.2. The number of rotatable bonds is 13. The lowest BCUT2D eigenvalue weighted by Gasteiger charge is -2.20. The van der Waals surface area contributed by atoms with Crippen LogP contribution in [0.5, 0.6) is 0 Å². The van der Waals surface area contributed by atoms with Gasteiger partial charge in [-0.3, -0.25) is 0 Å². The van der Waals surface area contributed by atoms with Gasteiger partial charge in [0, 0.05) is 121 Å². The van der Waals surface area contributed by atoms with Crippen LogP contribution in [-0.2, 0) is 4.57 Å². The lowest BCUT2D eigenvalue weighted by Crippen LogP contribution is -2.24. The topological polar surface area (TPSA) is 81.5 Å². The van der Waals surface area contributed by atoms with Gasteiger partial charge in [0.2, 0.25) is 0 Å². The third-order valence-electron chi connectivity index (χ3n) is 22.2. The highest BCUT2D eigenvalue weighted by Gasteiger charge is 2.32. The van der Waals surface area contributed by atoms with E-state index >= 15 is 4.57 Å². The molecule has 6 heterocycles. The van der Waals surface area contributed by atoms with E-state index in [1.54, 1.807) is 0 Å². The van der Waals surface area contributed by atoms with Gasteiger partial charge >= 0.3 is 0 Å². The Kier molecular flexibility index (Phi) is 16.0. The Morgan fingerprint density at radius 3 is 1.17 bits per heavy atom. The van der Waals surface area contributed by atoms with Crippen molar-refractivity contribution >= 4 is 152 Å². The van der Waals surface area contributed by atoms with E-state index < -0.39 is 7.14 Å². The number of fused-ring (bicyclic) bond motifs is 15. The molecule has 22 rings (SSSR count). The predicted octanol–water partition coefficient (Wildman–Crippen LogP) is 27.5. The van der Waals surface area contributed by atoms with Gasteiger partial charge in [-0.15, -0.1) is 34.0 Å². The summed E-state index contributed by atoms with van der Waals surface area (Å²) in [6.45, 7) is 0. The molecule has 0 aliphatic heterocycles. The summed E-state index contributed by atoms with van der Waals surface area (Å²) in [4.78, 5) is 29.6. The molecule has 0 bridgehead atoms. The Morgan fingerprint density at radius 1 is 0.221 bits per heavy atom. The van der Waals surface area contributed by atoms with Crippen molar-refractivity contribution < 1.29 is 4.57 Å². The van der Waals surface area contributed by atoms with Crippen molar-refractivity contribution in [3.05, 3.63) is 376 Å². The molecule has 0 aliphatic carbocycles. The second kappa shape index (κ2) is 27.2. The maximum Gasteiger partial charge on any atom is 0.171 e. The van der Waals surface area contributed by atoms with E-state index in [-0.39, 0.29) is 0 Å². The van der Waals surface area contributed by atoms with E-state index in [1.807, 2.05) is 113 Å². The number of aromatic nitrogens is 5. The highest BCUT2D eigenvalue weighted by molar-refractivity contribution is 7.85. The number of pyridine rings is 2. The SMILES string of the molecule is O=P(c1ccccc1)(c1ccccc1)c1ccc(-c2c(-c3cccc4c3sc3cc(-c5cccc(-c6nc(-c7ccccc7)nc(-c7cccc(-c8c(-c9ccc%10c%11ccccc%11c%11ccccc%11c%10c9)sc9c8c(-c8ccccc8)nc8ccccc89)c7)n6)c5)ccc34)sc3c2c(-c2ccccc2)nc2ccccc23)cc1. The minimum absolute atomic E-state index is 0.567. The van der Waals surface area contributed by atoms with Crippen LogP contribution in [0.25, 0.3) is 205 Å². The van der Waals surface area contributed by atoms with Crippen LogP contribution in [0.1, 0.15) is 0 Å². The molecule has 0 fully saturated rings. The molecule has 0 unspecified atom stereocenters. The van der Waals surface area contributed by atoms with Gasteiger partial charge in [-0.05, 0) is 96.5 Å². The Bertz CT molecular complexity index is 7560. The summed E-state index contributed by atoms with van der Waals surface area (Å²) in [5.74, 6) is 1.72.